The average Bonchev–Trinajstić information content (AvgIpc) is 2.43. The lowest BCUT2D eigenvalue weighted by atomic mass is 10.2. The van der Waals surface area contributed by atoms with Crippen molar-refractivity contribution < 1.29 is 4.79 Å². The number of hydrogen-bond acceptors (Lipinski definition) is 3. The van der Waals surface area contributed by atoms with Gasteiger partial charge in [0, 0.05) is 21.3 Å². The van der Waals surface area contributed by atoms with Crippen molar-refractivity contribution in [2.24, 2.45) is 0 Å². The van der Waals surface area contributed by atoms with Gasteiger partial charge in [0.05, 0.1) is 5.25 Å². The number of carbonyl (C=O) groups is 1. The van der Waals surface area contributed by atoms with Crippen LogP contribution in [-0.4, -0.2) is 11.2 Å². The quantitative estimate of drug-likeness (QED) is 0.650. The van der Waals surface area contributed by atoms with E-state index >= 15 is 0 Å². The van der Waals surface area contributed by atoms with E-state index in [4.69, 9.17) is 17.3 Å². The number of nitrogen functional groups attached to an aromatic ring is 1. The molecule has 0 aromatic heterocycles. The molecule has 0 bridgehead atoms. The third-order valence-electron chi connectivity index (χ3n) is 2.98. The largest absolute Gasteiger partial charge is 0.399 e. The Morgan fingerprint density at radius 1 is 1.29 bits per heavy atom. The first-order chi connectivity index (χ1) is 9.95. The number of thioether (sulfide) groups is 1. The number of anilines is 2. The van der Waals surface area contributed by atoms with Crippen molar-refractivity contribution in [2.45, 2.75) is 24.0 Å². The molecule has 0 fully saturated rings. The molecule has 1 amide bonds. The van der Waals surface area contributed by atoms with Crippen LogP contribution in [0.4, 0.5) is 11.4 Å². The van der Waals surface area contributed by atoms with Crippen molar-refractivity contribution in [1.29, 1.82) is 0 Å². The topological polar surface area (TPSA) is 55.1 Å². The number of halogens is 1. The maximum absolute atomic E-state index is 12.2. The minimum absolute atomic E-state index is 0.0673. The van der Waals surface area contributed by atoms with Gasteiger partial charge >= 0.3 is 0 Å². The Kier molecular flexibility index (Phi) is 5.15. The summed E-state index contributed by atoms with van der Waals surface area (Å²) in [6.45, 7) is 3.78. The monoisotopic (exact) mass is 320 g/mol. The zero-order valence-corrected chi connectivity index (χ0v) is 13.5. The predicted molar refractivity (Wildman–Crippen MR) is 91.0 cm³/mol. The maximum Gasteiger partial charge on any atom is 0.237 e. The van der Waals surface area contributed by atoms with Gasteiger partial charge in [0.15, 0.2) is 0 Å². The van der Waals surface area contributed by atoms with Crippen LogP contribution in [0.15, 0.2) is 47.4 Å². The van der Waals surface area contributed by atoms with Gasteiger partial charge in [-0.2, -0.15) is 0 Å². The van der Waals surface area contributed by atoms with Crippen LogP contribution in [0.2, 0.25) is 5.02 Å². The van der Waals surface area contributed by atoms with Gasteiger partial charge in [0.2, 0.25) is 5.91 Å². The number of amides is 1. The van der Waals surface area contributed by atoms with Crippen LogP contribution in [0.5, 0.6) is 0 Å². The number of nitrogens with one attached hydrogen (secondary N) is 1. The molecule has 3 nitrogen and oxygen atoms in total. The first-order valence-corrected chi connectivity index (χ1v) is 7.80. The highest BCUT2D eigenvalue weighted by Crippen LogP contribution is 2.26. The summed E-state index contributed by atoms with van der Waals surface area (Å²) in [6, 6.07) is 13.0. The van der Waals surface area contributed by atoms with Gasteiger partial charge < -0.3 is 11.1 Å². The van der Waals surface area contributed by atoms with Crippen molar-refractivity contribution in [3.8, 4) is 0 Å². The second kappa shape index (κ2) is 6.87. The van der Waals surface area contributed by atoms with Gasteiger partial charge in [0.25, 0.3) is 0 Å². The third kappa shape index (κ3) is 4.41. The van der Waals surface area contributed by atoms with E-state index in [2.05, 4.69) is 5.32 Å². The van der Waals surface area contributed by atoms with E-state index in [1.807, 2.05) is 50.2 Å². The van der Waals surface area contributed by atoms with E-state index in [0.29, 0.717) is 16.4 Å². The molecule has 0 aliphatic carbocycles. The van der Waals surface area contributed by atoms with Crippen LogP contribution in [0, 0.1) is 6.92 Å². The number of hydrogen-bond donors (Lipinski definition) is 2. The average molecular weight is 321 g/mol. The lowest BCUT2D eigenvalue weighted by Crippen LogP contribution is -2.22. The summed E-state index contributed by atoms with van der Waals surface area (Å²) in [5.74, 6) is -0.0673. The van der Waals surface area contributed by atoms with Crippen LogP contribution in [0.1, 0.15) is 12.5 Å². The van der Waals surface area contributed by atoms with Gasteiger partial charge in [-0.3, -0.25) is 4.79 Å². The molecule has 21 heavy (non-hydrogen) atoms. The second-order valence-corrected chi connectivity index (χ2v) is 6.61. The zero-order valence-electron chi connectivity index (χ0n) is 11.9. The van der Waals surface area contributed by atoms with Crippen LogP contribution in [-0.2, 0) is 4.79 Å². The standard InChI is InChI=1S/C16H17ClN2OS/c1-10-6-7-13(9-15(10)17)19-16(20)11(2)21-14-5-3-4-12(18)8-14/h3-9,11H,18H2,1-2H3,(H,19,20). The molecule has 1 unspecified atom stereocenters. The van der Waals surface area contributed by atoms with Crippen LogP contribution in [0.3, 0.4) is 0 Å². The molecule has 0 aliphatic heterocycles. The Balaban J connectivity index is 2.00. The molecule has 0 radical (unpaired) electrons. The van der Waals surface area contributed by atoms with Crippen LogP contribution >= 0.6 is 23.4 Å². The Labute approximate surface area is 133 Å². The van der Waals surface area contributed by atoms with Crippen LogP contribution in [0.25, 0.3) is 0 Å². The number of benzene rings is 2. The molecule has 0 saturated heterocycles. The molecule has 0 aliphatic rings. The first kappa shape index (κ1) is 15.7. The van der Waals surface area contributed by atoms with E-state index in [1.165, 1.54) is 11.8 Å². The summed E-state index contributed by atoms with van der Waals surface area (Å²) in [4.78, 5) is 13.2. The summed E-state index contributed by atoms with van der Waals surface area (Å²) < 4.78 is 0. The van der Waals surface area contributed by atoms with E-state index in [1.54, 1.807) is 6.07 Å². The number of aryl methyl sites for hydroxylation is 1. The molecule has 2 rings (SSSR count). The van der Waals surface area contributed by atoms with Gasteiger partial charge in [-0.25, -0.2) is 0 Å². The van der Waals surface area contributed by atoms with Crippen molar-refractivity contribution in [3.05, 3.63) is 53.1 Å². The number of nitrogens with two attached hydrogens (primary N) is 1. The highest BCUT2D eigenvalue weighted by molar-refractivity contribution is 8.00. The third-order valence-corrected chi connectivity index (χ3v) is 4.48. The Bertz CT molecular complexity index is 660. The Hall–Kier alpha value is -1.65. The summed E-state index contributed by atoms with van der Waals surface area (Å²) in [6.07, 6.45) is 0. The van der Waals surface area contributed by atoms with Crippen LogP contribution < -0.4 is 11.1 Å². The van der Waals surface area contributed by atoms with E-state index < -0.39 is 0 Å². The maximum atomic E-state index is 12.2. The summed E-state index contributed by atoms with van der Waals surface area (Å²) >= 11 is 7.52. The molecule has 0 spiro atoms. The Morgan fingerprint density at radius 3 is 2.71 bits per heavy atom. The summed E-state index contributed by atoms with van der Waals surface area (Å²) in [5, 5.41) is 3.28. The molecule has 3 N–H and O–H groups in total. The Morgan fingerprint density at radius 2 is 2.05 bits per heavy atom. The second-order valence-electron chi connectivity index (χ2n) is 4.79. The number of rotatable bonds is 4. The normalized spacial score (nSPS) is 12.0. The van der Waals surface area contributed by atoms with Gasteiger partial charge in [-0.05, 0) is 49.7 Å². The lowest BCUT2D eigenvalue weighted by molar-refractivity contribution is -0.115. The molecule has 0 saturated carbocycles. The van der Waals surface area contributed by atoms with Gasteiger partial charge in [0.1, 0.15) is 0 Å². The molecule has 2 aromatic rings. The fourth-order valence-corrected chi connectivity index (χ4v) is 2.88. The minimum Gasteiger partial charge on any atom is -0.399 e. The van der Waals surface area contributed by atoms with Crippen molar-refractivity contribution in [1.82, 2.24) is 0 Å². The van der Waals surface area contributed by atoms with E-state index in [-0.39, 0.29) is 11.2 Å². The fourth-order valence-electron chi connectivity index (χ4n) is 1.76. The fraction of sp³-hybridized carbons (Fsp3) is 0.188. The van der Waals surface area contributed by atoms with Gasteiger partial charge in [-0.15, -0.1) is 11.8 Å². The summed E-state index contributed by atoms with van der Waals surface area (Å²) in [7, 11) is 0. The first-order valence-electron chi connectivity index (χ1n) is 6.55. The minimum atomic E-state index is -0.230. The molecule has 2 aromatic carbocycles. The van der Waals surface area contributed by atoms with Crippen molar-refractivity contribution in [3.63, 3.8) is 0 Å². The molecule has 1 atom stereocenters. The van der Waals surface area contributed by atoms with Gasteiger partial charge in [-0.1, -0.05) is 23.7 Å². The highest BCUT2D eigenvalue weighted by atomic mass is 35.5. The highest BCUT2D eigenvalue weighted by Gasteiger charge is 2.15. The van der Waals surface area contributed by atoms with Crippen molar-refractivity contribution >= 4 is 40.6 Å². The molecular formula is C16H17ClN2OS. The molecule has 0 heterocycles. The molecule has 5 heteroatoms. The zero-order chi connectivity index (χ0) is 15.4. The van der Waals surface area contributed by atoms with Crippen molar-refractivity contribution in [2.75, 3.05) is 11.1 Å². The number of carbonyl (C=O) groups excluding carboxylic acids is 1. The molecule has 110 valence electrons. The smallest absolute Gasteiger partial charge is 0.237 e. The molecular weight excluding hydrogens is 304 g/mol. The van der Waals surface area contributed by atoms with E-state index in [9.17, 15) is 4.79 Å². The predicted octanol–water partition coefficient (Wildman–Crippen LogP) is 4.35. The SMILES string of the molecule is Cc1ccc(NC(=O)C(C)Sc2cccc(N)c2)cc1Cl. The summed E-state index contributed by atoms with van der Waals surface area (Å²) in [5.41, 5.74) is 8.12. The lowest BCUT2D eigenvalue weighted by Gasteiger charge is -2.13. The van der Waals surface area contributed by atoms with E-state index in [0.717, 1.165) is 10.5 Å².